The minimum absolute atomic E-state index is 0.0395. The van der Waals surface area contributed by atoms with E-state index in [0.717, 1.165) is 0 Å². The maximum Gasteiger partial charge on any atom is 0.338 e. The zero-order valence-corrected chi connectivity index (χ0v) is 14.8. The lowest BCUT2D eigenvalue weighted by molar-refractivity contribution is 0.0594. The molecule has 6 heteroatoms. The van der Waals surface area contributed by atoms with Gasteiger partial charge >= 0.3 is 5.97 Å². The normalized spacial score (nSPS) is 14.8. The third kappa shape index (κ3) is 3.44. The summed E-state index contributed by atoms with van der Waals surface area (Å²) in [6, 6.07) is 11.3. The fourth-order valence-electron chi connectivity index (χ4n) is 2.90. The molecule has 1 aliphatic rings. The van der Waals surface area contributed by atoms with E-state index in [9.17, 15) is 14.4 Å². The molecule has 1 amide bonds. The van der Waals surface area contributed by atoms with Gasteiger partial charge in [0.15, 0.2) is 5.78 Å². The van der Waals surface area contributed by atoms with Gasteiger partial charge in [-0.05, 0) is 44.2 Å². The van der Waals surface area contributed by atoms with E-state index in [2.05, 4.69) is 5.32 Å². The number of rotatable bonds is 3. The molecule has 0 atom stereocenters. The van der Waals surface area contributed by atoms with Gasteiger partial charge in [0, 0.05) is 5.69 Å². The number of carbonyl (C=O) groups is 3. The van der Waals surface area contributed by atoms with E-state index < -0.39 is 17.5 Å². The van der Waals surface area contributed by atoms with E-state index in [1.165, 1.54) is 19.2 Å². The molecule has 1 aliphatic heterocycles. The topological polar surface area (TPSA) is 81.7 Å². The fraction of sp³-hybridized carbons (Fsp3) is 0.250. The number of hydrogen-bond acceptors (Lipinski definition) is 5. The summed E-state index contributed by atoms with van der Waals surface area (Å²) in [6.07, 6.45) is 0.266. The van der Waals surface area contributed by atoms with Crippen LogP contribution in [0, 0.1) is 0 Å². The molecule has 0 spiro atoms. The van der Waals surface area contributed by atoms with Gasteiger partial charge in [-0.15, -0.1) is 0 Å². The van der Waals surface area contributed by atoms with Crippen LogP contribution >= 0.6 is 0 Å². The number of amides is 1. The second-order valence-electron chi connectivity index (χ2n) is 6.66. The van der Waals surface area contributed by atoms with Crippen molar-refractivity contribution in [3.05, 3.63) is 59.2 Å². The van der Waals surface area contributed by atoms with E-state index in [-0.39, 0.29) is 23.3 Å². The quantitative estimate of drug-likeness (QED) is 0.855. The minimum atomic E-state index is -0.591. The Hall–Kier alpha value is -3.15. The molecule has 134 valence electrons. The van der Waals surface area contributed by atoms with Gasteiger partial charge in [-0.2, -0.15) is 0 Å². The molecule has 0 unspecified atom stereocenters. The van der Waals surface area contributed by atoms with E-state index in [1.807, 2.05) is 13.8 Å². The highest BCUT2D eigenvalue weighted by Gasteiger charge is 2.32. The van der Waals surface area contributed by atoms with Crippen LogP contribution in [0.15, 0.2) is 42.5 Å². The first-order chi connectivity index (χ1) is 12.3. The zero-order valence-electron chi connectivity index (χ0n) is 14.8. The Bertz CT molecular complexity index is 901. The number of carbonyl (C=O) groups excluding carboxylic acids is 3. The fourth-order valence-corrected chi connectivity index (χ4v) is 2.90. The van der Waals surface area contributed by atoms with Crippen molar-refractivity contribution >= 4 is 23.3 Å². The number of Topliss-reactive ketones (excluding diaryl/α,β-unsaturated/α-hetero) is 1. The molecule has 0 bridgehead atoms. The van der Waals surface area contributed by atoms with Gasteiger partial charge in [-0.25, -0.2) is 4.79 Å². The van der Waals surface area contributed by atoms with Crippen molar-refractivity contribution in [2.24, 2.45) is 0 Å². The van der Waals surface area contributed by atoms with Crippen molar-refractivity contribution in [3.8, 4) is 5.75 Å². The molecule has 0 saturated heterocycles. The smallest absolute Gasteiger partial charge is 0.338 e. The Kier molecular flexibility index (Phi) is 4.50. The average Bonchev–Trinajstić information content (AvgIpc) is 2.60. The minimum Gasteiger partial charge on any atom is -0.487 e. The van der Waals surface area contributed by atoms with Crippen molar-refractivity contribution in [1.82, 2.24) is 0 Å². The van der Waals surface area contributed by atoms with E-state index >= 15 is 0 Å². The van der Waals surface area contributed by atoms with Crippen molar-refractivity contribution < 1.29 is 23.9 Å². The van der Waals surface area contributed by atoms with Gasteiger partial charge in [-0.1, -0.05) is 12.1 Å². The van der Waals surface area contributed by atoms with Gasteiger partial charge in [0.2, 0.25) is 0 Å². The standard InChI is InChI=1S/C20H19NO5/c1-20(2)11-16(22)15-10-12(8-9-17(15)26-20)21-18(23)13-6-4-5-7-14(13)19(24)25-3/h4-10H,11H2,1-3H3,(H,21,23). The van der Waals surface area contributed by atoms with Gasteiger partial charge in [0.25, 0.3) is 5.91 Å². The Morgan fingerprint density at radius 2 is 1.81 bits per heavy atom. The molecule has 2 aromatic rings. The van der Waals surface area contributed by atoms with Gasteiger partial charge < -0.3 is 14.8 Å². The molecule has 0 aliphatic carbocycles. The molecule has 26 heavy (non-hydrogen) atoms. The molecule has 0 saturated carbocycles. The number of methoxy groups -OCH3 is 1. The van der Waals surface area contributed by atoms with Crippen LogP contribution in [0.1, 0.15) is 51.3 Å². The molecule has 1 heterocycles. The summed E-state index contributed by atoms with van der Waals surface area (Å²) in [6.45, 7) is 3.71. The van der Waals surface area contributed by atoms with Crippen LogP contribution in [-0.2, 0) is 4.74 Å². The van der Waals surface area contributed by atoms with Crippen LogP contribution < -0.4 is 10.1 Å². The summed E-state index contributed by atoms with van der Waals surface area (Å²) in [7, 11) is 1.26. The molecular formula is C20H19NO5. The van der Waals surface area contributed by atoms with E-state index in [0.29, 0.717) is 17.0 Å². The first-order valence-corrected chi connectivity index (χ1v) is 8.16. The summed E-state index contributed by atoms with van der Waals surface area (Å²) in [5, 5.41) is 2.71. The van der Waals surface area contributed by atoms with Crippen molar-refractivity contribution in [1.29, 1.82) is 0 Å². The lowest BCUT2D eigenvalue weighted by Gasteiger charge is -2.31. The van der Waals surface area contributed by atoms with Crippen LogP contribution in [0.4, 0.5) is 5.69 Å². The van der Waals surface area contributed by atoms with Crippen molar-refractivity contribution in [2.75, 3.05) is 12.4 Å². The predicted molar refractivity (Wildman–Crippen MR) is 95.8 cm³/mol. The van der Waals surface area contributed by atoms with Crippen LogP contribution in [0.25, 0.3) is 0 Å². The number of nitrogens with one attached hydrogen (secondary N) is 1. The summed E-state index contributed by atoms with van der Waals surface area (Å²) >= 11 is 0. The molecule has 0 fully saturated rings. The Morgan fingerprint density at radius 3 is 2.50 bits per heavy atom. The number of ketones is 1. The van der Waals surface area contributed by atoms with Crippen LogP contribution in [0.2, 0.25) is 0 Å². The highest BCUT2D eigenvalue weighted by atomic mass is 16.5. The second kappa shape index (κ2) is 6.63. The molecule has 1 N–H and O–H groups in total. The second-order valence-corrected chi connectivity index (χ2v) is 6.66. The van der Waals surface area contributed by atoms with Gasteiger partial charge in [0.1, 0.15) is 11.4 Å². The number of esters is 1. The molecule has 0 radical (unpaired) electrons. The third-order valence-electron chi connectivity index (χ3n) is 4.09. The first kappa shape index (κ1) is 17.7. The first-order valence-electron chi connectivity index (χ1n) is 8.16. The lowest BCUT2D eigenvalue weighted by atomic mass is 9.93. The number of ether oxygens (including phenoxy) is 2. The predicted octanol–water partition coefficient (Wildman–Crippen LogP) is 3.47. The summed E-state index contributed by atoms with van der Waals surface area (Å²) in [4.78, 5) is 36.7. The third-order valence-corrected chi connectivity index (χ3v) is 4.09. The maximum absolute atomic E-state index is 12.6. The summed E-state index contributed by atoms with van der Waals surface area (Å²) in [5.41, 5.74) is 0.703. The number of anilines is 1. The van der Waals surface area contributed by atoms with Crippen molar-refractivity contribution in [3.63, 3.8) is 0 Å². The molecule has 6 nitrogen and oxygen atoms in total. The molecule has 2 aromatic carbocycles. The molecule has 3 rings (SSSR count). The maximum atomic E-state index is 12.6. The highest BCUT2D eigenvalue weighted by molar-refractivity contribution is 6.11. The van der Waals surface area contributed by atoms with Crippen LogP contribution in [0.5, 0.6) is 5.75 Å². The summed E-state index contributed by atoms with van der Waals surface area (Å²) < 4.78 is 10.5. The van der Waals surface area contributed by atoms with E-state index in [4.69, 9.17) is 9.47 Å². The van der Waals surface area contributed by atoms with E-state index in [1.54, 1.807) is 30.3 Å². The zero-order chi connectivity index (χ0) is 18.9. The Balaban J connectivity index is 1.87. The largest absolute Gasteiger partial charge is 0.487 e. The monoisotopic (exact) mass is 353 g/mol. The number of benzene rings is 2. The average molecular weight is 353 g/mol. The number of hydrogen-bond donors (Lipinski definition) is 1. The van der Waals surface area contributed by atoms with Gasteiger partial charge in [-0.3, -0.25) is 9.59 Å². The highest BCUT2D eigenvalue weighted by Crippen LogP contribution is 2.34. The molecular weight excluding hydrogens is 334 g/mol. The Labute approximate surface area is 151 Å². The lowest BCUT2D eigenvalue weighted by Crippen LogP contribution is -2.35. The molecule has 0 aromatic heterocycles. The Morgan fingerprint density at radius 1 is 1.12 bits per heavy atom. The number of fused-ring (bicyclic) bond motifs is 1. The summed E-state index contributed by atoms with van der Waals surface area (Å²) in [5.74, 6) is -0.594. The SMILES string of the molecule is COC(=O)c1ccccc1C(=O)Nc1ccc2c(c1)C(=O)CC(C)(C)O2. The van der Waals surface area contributed by atoms with Crippen LogP contribution in [-0.4, -0.2) is 30.4 Å². The van der Waals surface area contributed by atoms with Crippen LogP contribution in [0.3, 0.4) is 0 Å². The van der Waals surface area contributed by atoms with Gasteiger partial charge in [0.05, 0.1) is 30.2 Å². The van der Waals surface area contributed by atoms with Crippen molar-refractivity contribution in [2.45, 2.75) is 25.9 Å².